The quantitative estimate of drug-likeness (QED) is 0.419. The normalized spacial score (nSPS) is 48.0. The molecule has 0 aromatic heterocycles. The zero-order chi connectivity index (χ0) is 4.69. The van der Waals surface area contributed by atoms with E-state index in [1.807, 2.05) is 0 Å². The Labute approximate surface area is 43.3 Å². The molecule has 0 aromatic carbocycles. The Morgan fingerprint density at radius 2 is 1.57 bits per heavy atom. The second-order valence-corrected chi connectivity index (χ2v) is 2.45. The van der Waals surface area contributed by atoms with E-state index in [4.69, 9.17) is 0 Å². The lowest BCUT2D eigenvalue weighted by molar-refractivity contribution is 0.528. The third kappa shape index (κ3) is 0.469. The van der Waals surface area contributed by atoms with Gasteiger partial charge in [0.2, 0.25) is 0 Å². The van der Waals surface area contributed by atoms with Gasteiger partial charge in [-0.25, -0.2) is 0 Å². The Balaban J connectivity index is 2.12. The zero-order valence-corrected chi connectivity index (χ0v) is 4.28. The van der Waals surface area contributed by atoms with E-state index < -0.39 is 0 Å². The maximum atomic E-state index is 3.39. The first kappa shape index (κ1) is 3.87. The SMILES string of the molecule is C1N[C@H]2CN[C@@H]1C2. The van der Waals surface area contributed by atoms with Gasteiger partial charge >= 0.3 is 0 Å². The van der Waals surface area contributed by atoms with Gasteiger partial charge in [-0.15, -0.1) is 0 Å². The van der Waals surface area contributed by atoms with Crippen LogP contribution in [-0.2, 0) is 0 Å². The molecule has 2 heterocycles. The number of hydrogen-bond acceptors (Lipinski definition) is 2. The summed E-state index contributed by atoms with van der Waals surface area (Å²) in [5, 5.41) is 6.79. The molecule has 2 atom stereocenters. The summed E-state index contributed by atoms with van der Waals surface area (Å²) in [4.78, 5) is 0. The number of rotatable bonds is 0. The highest BCUT2D eigenvalue weighted by Crippen LogP contribution is 2.11. The monoisotopic (exact) mass is 98.1 g/mol. The molecule has 0 unspecified atom stereocenters. The lowest BCUT2D eigenvalue weighted by atomic mass is 10.3. The summed E-state index contributed by atoms with van der Waals surface area (Å²) >= 11 is 0. The van der Waals surface area contributed by atoms with E-state index in [9.17, 15) is 0 Å². The maximum Gasteiger partial charge on any atom is 0.0208 e. The Hall–Kier alpha value is -0.0800. The Morgan fingerprint density at radius 3 is 1.71 bits per heavy atom. The minimum Gasteiger partial charge on any atom is -0.311 e. The van der Waals surface area contributed by atoms with E-state index >= 15 is 0 Å². The molecular weight excluding hydrogens is 88.1 g/mol. The summed E-state index contributed by atoms with van der Waals surface area (Å²) in [5.74, 6) is 0. The molecule has 2 aliphatic heterocycles. The molecule has 0 aliphatic carbocycles. The molecule has 7 heavy (non-hydrogen) atoms. The molecule has 40 valence electrons. The third-order valence-corrected chi connectivity index (χ3v) is 1.87. The number of hydrogen-bond donors (Lipinski definition) is 2. The summed E-state index contributed by atoms with van der Waals surface area (Å²) in [6.45, 7) is 2.40. The third-order valence-electron chi connectivity index (χ3n) is 1.87. The van der Waals surface area contributed by atoms with Crippen molar-refractivity contribution in [2.75, 3.05) is 13.1 Å². The van der Waals surface area contributed by atoms with E-state index in [0.717, 1.165) is 12.1 Å². The Morgan fingerprint density at radius 1 is 1.00 bits per heavy atom. The van der Waals surface area contributed by atoms with Crippen molar-refractivity contribution < 1.29 is 0 Å². The van der Waals surface area contributed by atoms with E-state index in [1.54, 1.807) is 0 Å². The summed E-state index contributed by atoms with van der Waals surface area (Å²) in [7, 11) is 0. The van der Waals surface area contributed by atoms with Crippen LogP contribution in [0.5, 0.6) is 0 Å². The van der Waals surface area contributed by atoms with Gasteiger partial charge in [0.15, 0.2) is 0 Å². The van der Waals surface area contributed by atoms with E-state index in [0.29, 0.717) is 0 Å². The van der Waals surface area contributed by atoms with Gasteiger partial charge in [-0.1, -0.05) is 0 Å². The summed E-state index contributed by atoms with van der Waals surface area (Å²) in [6, 6.07) is 1.62. The number of piperazine rings is 1. The molecule has 0 saturated carbocycles. The molecule has 2 rings (SSSR count). The highest BCUT2D eigenvalue weighted by Gasteiger charge is 2.29. The van der Waals surface area contributed by atoms with E-state index in [2.05, 4.69) is 10.6 Å². The molecule has 0 amide bonds. The molecule has 0 radical (unpaired) electrons. The molecule has 0 aromatic rings. The van der Waals surface area contributed by atoms with Crippen LogP contribution in [0, 0.1) is 0 Å². The van der Waals surface area contributed by atoms with Crippen LogP contribution < -0.4 is 10.6 Å². The van der Waals surface area contributed by atoms with Crippen molar-refractivity contribution >= 4 is 0 Å². The van der Waals surface area contributed by atoms with Crippen molar-refractivity contribution in [3.8, 4) is 0 Å². The van der Waals surface area contributed by atoms with E-state index in [-0.39, 0.29) is 0 Å². The fraction of sp³-hybridized carbons (Fsp3) is 1.00. The number of fused-ring (bicyclic) bond motifs is 2. The van der Waals surface area contributed by atoms with Crippen molar-refractivity contribution in [3.63, 3.8) is 0 Å². The Bertz CT molecular complexity index is 64.1. The molecule has 2 bridgehead atoms. The average Bonchev–Trinajstić information content (AvgIpc) is 2.22. The molecular formula is C5H10N2. The first-order valence-corrected chi connectivity index (χ1v) is 2.92. The highest BCUT2D eigenvalue weighted by atomic mass is 15.1. The van der Waals surface area contributed by atoms with Gasteiger partial charge in [0, 0.05) is 25.2 Å². The van der Waals surface area contributed by atoms with Gasteiger partial charge in [-0.3, -0.25) is 0 Å². The molecule has 2 saturated heterocycles. The molecule has 2 nitrogen and oxygen atoms in total. The summed E-state index contributed by atoms with van der Waals surface area (Å²) < 4.78 is 0. The van der Waals surface area contributed by atoms with Crippen LogP contribution in [-0.4, -0.2) is 25.2 Å². The van der Waals surface area contributed by atoms with Crippen molar-refractivity contribution in [2.24, 2.45) is 0 Å². The van der Waals surface area contributed by atoms with Crippen molar-refractivity contribution in [1.29, 1.82) is 0 Å². The second-order valence-electron chi connectivity index (χ2n) is 2.45. The summed E-state index contributed by atoms with van der Waals surface area (Å²) in [6.07, 6.45) is 1.36. The lowest BCUT2D eigenvalue weighted by Crippen LogP contribution is -2.39. The maximum absolute atomic E-state index is 3.39. The highest BCUT2D eigenvalue weighted by molar-refractivity contribution is 4.94. The van der Waals surface area contributed by atoms with Gasteiger partial charge in [-0.2, -0.15) is 0 Å². The van der Waals surface area contributed by atoms with Crippen molar-refractivity contribution in [3.05, 3.63) is 0 Å². The molecule has 2 aliphatic rings. The van der Waals surface area contributed by atoms with Crippen LogP contribution in [0.4, 0.5) is 0 Å². The fourth-order valence-corrected chi connectivity index (χ4v) is 1.44. The van der Waals surface area contributed by atoms with Gasteiger partial charge in [0.1, 0.15) is 0 Å². The fourth-order valence-electron chi connectivity index (χ4n) is 1.44. The van der Waals surface area contributed by atoms with Crippen LogP contribution in [0.25, 0.3) is 0 Å². The minimum absolute atomic E-state index is 0.810. The number of nitrogens with one attached hydrogen (secondary N) is 2. The van der Waals surface area contributed by atoms with Gasteiger partial charge in [0.25, 0.3) is 0 Å². The zero-order valence-electron chi connectivity index (χ0n) is 4.28. The minimum atomic E-state index is 0.810. The van der Waals surface area contributed by atoms with Gasteiger partial charge in [-0.05, 0) is 6.42 Å². The molecule has 2 fully saturated rings. The van der Waals surface area contributed by atoms with Gasteiger partial charge < -0.3 is 10.6 Å². The van der Waals surface area contributed by atoms with E-state index in [1.165, 1.54) is 19.5 Å². The largest absolute Gasteiger partial charge is 0.311 e. The molecule has 0 spiro atoms. The molecule has 2 N–H and O–H groups in total. The van der Waals surface area contributed by atoms with Gasteiger partial charge in [0.05, 0.1) is 0 Å². The van der Waals surface area contributed by atoms with Crippen LogP contribution >= 0.6 is 0 Å². The van der Waals surface area contributed by atoms with Crippen molar-refractivity contribution in [1.82, 2.24) is 10.6 Å². The lowest BCUT2D eigenvalue weighted by Gasteiger charge is -2.10. The van der Waals surface area contributed by atoms with Crippen LogP contribution in [0.15, 0.2) is 0 Å². The van der Waals surface area contributed by atoms with Crippen LogP contribution in [0.2, 0.25) is 0 Å². The summed E-state index contributed by atoms with van der Waals surface area (Å²) in [5.41, 5.74) is 0. The van der Waals surface area contributed by atoms with Crippen molar-refractivity contribution in [2.45, 2.75) is 18.5 Å². The average molecular weight is 98.1 g/mol. The van der Waals surface area contributed by atoms with Crippen LogP contribution in [0.1, 0.15) is 6.42 Å². The predicted octanol–water partition coefficient (Wildman–Crippen LogP) is -0.680. The predicted molar refractivity (Wildman–Crippen MR) is 28.2 cm³/mol. The first-order valence-electron chi connectivity index (χ1n) is 2.92. The second kappa shape index (κ2) is 1.20. The topological polar surface area (TPSA) is 24.1 Å². The van der Waals surface area contributed by atoms with Crippen LogP contribution in [0.3, 0.4) is 0 Å². The first-order chi connectivity index (χ1) is 3.45. The standard InChI is InChI=1S/C5H10N2/c1-4-2-6-5(1)3-7-4/h4-7H,1-3H2/t4-,5-/m1/s1. The Kier molecular flexibility index (Phi) is 0.664. The smallest absolute Gasteiger partial charge is 0.0208 e. The molecule has 2 heteroatoms.